The molecular formula is C13H15NO. The van der Waals surface area contributed by atoms with Gasteiger partial charge in [0.25, 0.3) is 0 Å². The van der Waals surface area contributed by atoms with Crippen LogP contribution in [0.4, 0.5) is 0 Å². The molecule has 0 unspecified atom stereocenters. The van der Waals surface area contributed by atoms with Crippen LogP contribution in [0, 0.1) is 12.3 Å². The number of terminal acetylenes is 1. The van der Waals surface area contributed by atoms with Gasteiger partial charge < -0.3 is 5.11 Å². The summed E-state index contributed by atoms with van der Waals surface area (Å²) in [6.07, 6.45) is 7.46. The number of nitrogens with one attached hydrogen (secondary N) is 1. The van der Waals surface area contributed by atoms with Gasteiger partial charge in [-0.3, -0.25) is 5.32 Å². The number of phenols is 1. The molecule has 2 rings (SSSR count). The summed E-state index contributed by atoms with van der Waals surface area (Å²) >= 11 is 0. The van der Waals surface area contributed by atoms with Crippen molar-refractivity contribution in [2.45, 2.75) is 31.8 Å². The molecule has 0 saturated carbocycles. The molecule has 2 nitrogen and oxygen atoms in total. The van der Waals surface area contributed by atoms with Crippen LogP contribution in [0.1, 0.15) is 30.5 Å². The Morgan fingerprint density at radius 3 is 3.13 bits per heavy atom. The van der Waals surface area contributed by atoms with Crippen LogP contribution in [0.3, 0.4) is 0 Å². The van der Waals surface area contributed by atoms with Crippen LogP contribution in [0.15, 0.2) is 18.2 Å². The quantitative estimate of drug-likeness (QED) is 0.717. The van der Waals surface area contributed by atoms with E-state index >= 15 is 0 Å². The first-order chi connectivity index (χ1) is 7.20. The monoisotopic (exact) mass is 201 g/mol. The third-order valence-corrected chi connectivity index (χ3v) is 2.91. The zero-order valence-electron chi connectivity index (χ0n) is 8.83. The largest absolute Gasteiger partial charge is 0.508 e. The highest BCUT2D eigenvalue weighted by molar-refractivity contribution is 5.40. The van der Waals surface area contributed by atoms with Gasteiger partial charge in [-0.2, -0.15) is 0 Å². The summed E-state index contributed by atoms with van der Waals surface area (Å²) in [4.78, 5) is 0. The van der Waals surface area contributed by atoms with Crippen molar-refractivity contribution in [2.75, 3.05) is 0 Å². The summed E-state index contributed by atoms with van der Waals surface area (Å²) in [5.74, 6) is 2.99. The second kappa shape index (κ2) is 3.96. The van der Waals surface area contributed by atoms with Crippen LogP contribution in [-0.4, -0.2) is 11.1 Å². The van der Waals surface area contributed by atoms with E-state index in [1.807, 2.05) is 19.1 Å². The number of fused-ring (bicyclic) bond motifs is 1. The van der Waals surface area contributed by atoms with Crippen molar-refractivity contribution in [1.29, 1.82) is 0 Å². The van der Waals surface area contributed by atoms with Crippen molar-refractivity contribution in [3.05, 3.63) is 29.3 Å². The van der Waals surface area contributed by atoms with E-state index in [1.165, 1.54) is 11.1 Å². The van der Waals surface area contributed by atoms with Crippen LogP contribution in [0.2, 0.25) is 0 Å². The smallest absolute Gasteiger partial charge is 0.115 e. The van der Waals surface area contributed by atoms with Crippen LogP contribution >= 0.6 is 0 Å². The van der Waals surface area contributed by atoms with Crippen LogP contribution < -0.4 is 5.32 Å². The zero-order valence-corrected chi connectivity index (χ0v) is 8.83. The number of aromatic hydroxyl groups is 1. The minimum Gasteiger partial charge on any atom is -0.508 e. The van der Waals surface area contributed by atoms with Gasteiger partial charge in [-0.1, -0.05) is 12.0 Å². The molecule has 1 aliphatic carbocycles. The summed E-state index contributed by atoms with van der Waals surface area (Å²) in [6, 6.07) is 5.93. The zero-order chi connectivity index (χ0) is 10.8. The van der Waals surface area contributed by atoms with Crippen molar-refractivity contribution in [1.82, 2.24) is 5.32 Å². The first-order valence-electron chi connectivity index (χ1n) is 5.24. The summed E-state index contributed by atoms with van der Waals surface area (Å²) < 4.78 is 0. The molecule has 1 aliphatic rings. The molecule has 2 heteroatoms. The number of hydrogen-bond donors (Lipinski definition) is 2. The number of rotatable bonds is 2. The van der Waals surface area contributed by atoms with Crippen LogP contribution in [0.25, 0.3) is 0 Å². The molecule has 0 spiro atoms. The van der Waals surface area contributed by atoms with Gasteiger partial charge in [-0.15, -0.1) is 6.42 Å². The molecule has 2 atom stereocenters. The van der Waals surface area contributed by atoms with Gasteiger partial charge in [0.2, 0.25) is 0 Å². The van der Waals surface area contributed by atoms with E-state index in [1.54, 1.807) is 6.07 Å². The Morgan fingerprint density at radius 2 is 2.40 bits per heavy atom. The lowest BCUT2D eigenvalue weighted by atomic mass is 10.1. The fourth-order valence-electron chi connectivity index (χ4n) is 2.11. The first kappa shape index (κ1) is 10.1. The lowest BCUT2D eigenvalue weighted by Gasteiger charge is -2.16. The SMILES string of the molecule is C#C[C@H](C)N[C@H]1CCc2ccc(O)cc21. The van der Waals surface area contributed by atoms with E-state index in [0.29, 0.717) is 5.75 Å². The second-order valence-electron chi connectivity index (χ2n) is 4.03. The standard InChI is InChI=1S/C13H15NO/c1-3-9(2)14-13-7-5-10-4-6-11(15)8-12(10)13/h1,4,6,8-9,13-15H,5,7H2,2H3/t9-,13-/m0/s1. The normalized spacial score (nSPS) is 20.7. The van der Waals surface area contributed by atoms with E-state index in [-0.39, 0.29) is 12.1 Å². The van der Waals surface area contributed by atoms with Gasteiger partial charge in [0, 0.05) is 6.04 Å². The molecule has 1 aromatic rings. The lowest BCUT2D eigenvalue weighted by molar-refractivity contribution is 0.470. The van der Waals surface area contributed by atoms with E-state index in [0.717, 1.165) is 12.8 Å². The fraction of sp³-hybridized carbons (Fsp3) is 0.385. The van der Waals surface area contributed by atoms with Crippen molar-refractivity contribution < 1.29 is 5.11 Å². The van der Waals surface area contributed by atoms with Gasteiger partial charge in [0.1, 0.15) is 5.75 Å². The van der Waals surface area contributed by atoms with Gasteiger partial charge >= 0.3 is 0 Å². The van der Waals surface area contributed by atoms with Crippen LogP contribution in [0.5, 0.6) is 5.75 Å². The molecule has 0 fully saturated rings. The predicted octanol–water partition coefficient (Wildman–Crippen LogP) is 1.99. The molecular weight excluding hydrogens is 186 g/mol. The molecule has 15 heavy (non-hydrogen) atoms. The summed E-state index contributed by atoms with van der Waals surface area (Å²) in [5, 5.41) is 12.8. The average Bonchev–Trinajstić information content (AvgIpc) is 2.61. The number of aryl methyl sites for hydroxylation is 1. The molecule has 0 aromatic heterocycles. The molecule has 1 aromatic carbocycles. The van der Waals surface area contributed by atoms with Gasteiger partial charge in [-0.25, -0.2) is 0 Å². The summed E-state index contributed by atoms with van der Waals surface area (Å²) in [5.41, 5.74) is 2.51. The molecule has 78 valence electrons. The first-order valence-corrected chi connectivity index (χ1v) is 5.24. The highest BCUT2D eigenvalue weighted by Crippen LogP contribution is 2.33. The topological polar surface area (TPSA) is 32.3 Å². The Bertz CT molecular complexity index is 405. The Balaban J connectivity index is 2.21. The van der Waals surface area contributed by atoms with Gasteiger partial charge in [0.05, 0.1) is 6.04 Å². The molecule has 0 heterocycles. The maximum absolute atomic E-state index is 9.44. The molecule has 0 aliphatic heterocycles. The van der Waals surface area contributed by atoms with Crippen molar-refractivity contribution in [3.8, 4) is 18.1 Å². The van der Waals surface area contributed by atoms with Gasteiger partial charge in [-0.05, 0) is 43.0 Å². The Labute approximate surface area is 90.3 Å². The Morgan fingerprint density at radius 1 is 1.60 bits per heavy atom. The highest BCUT2D eigenvalue weighted by Gasteiger charge is 2.23. The van der Waals surface area contributed by atoms with Crippen LogP contribution in [-0.2, 0) is 6.42 Å². The number of phenolic OH excluding ortho intramolecular Hbond substituents is 1. The maximum Gasteiger partial charge on any atom is 0.115 e. The maximum atomic E-state index is 9.44. The van der Waals surface area contributed by atoms with Crippen molar-refractivity contribution in [3.63, 3.8) is 0 Å². The minimum atomic E-state index is 0.0725. The fourth-order valence-corrected chi connectivity index (χ4v) is 2.11. The number of hydrogen-bond acceptors (Lipinski definition) is 2. The molecule has 0 saturated heterocycles. The van der Waals surface area contributed by atoms with E-state index < -0.39 is 0 Å². The average molecular weight is 201 g/mol. The third-order valence-electron chi connectivity index (χ3n) is 2.91. The summed E-state index contributed by atoms with van der Waals surface area (Å²) in [6.45, 7) is 1.97. The van der Waals surface area contributed by atoms with Crippen molar-refractivity contribution >= 4 is 0 Å². The second-order valence-corrected chi connectivity index (χ2v) is 4.03. The van der Waals surface area contributed by atoms with E-state index in [9.17, 15) is 5.11 Å². The molecule has 0 radical (unpaired) electrons. The van der Waals surface area contributed by atoms with Crippen molar-refractivity contribution in [2.24, 2.45) is 0 Å². The third kappa shape index (κ3) is 1.98. The lowest BCUT2D eigenvalue weighted by Crippen LogP contribution is -2.27. The number of benzene rings is 1. The molecule has 0 amide bonds. The predicted molar refractivity (Wildman–Crippen MR) is 60.6 cm³/mol. The molecule has 0 bridgehead atoms. The van der Waals surface area contributed by atoms with E-state index in [4.69, 9.17) is 6.42 Å². The molecule has 2 N–H and O–H groups in total. The summed E-state index contributed by atoms with van der Waals surface area (Å²) in [7, 11) is 0. The minimum absolute atomic E-state index is 0.0725. The van der Waals surface area contributed by atoms with Gasteiger partial charge in [0.15, 0.2) is 0 Å². The highest BCUT2D eigenvalue weighted by atomic mass is 16.3. The Hall–Kier alpha value is -1.46. The van der Waals surface area contributed by atoms with E-state index in [2.05, 4.69) is 11.2 Å². The Kier molecular flexibility index (Phi) is 2.66.